The molecule has 1 atom stereocenters. The third-order valence-corrected chi connectivity index (χ3v) is 3.59. The van der Waals surface area contributed by atoms with Crippen molar-refractivity contribution in [3.63, 3.8) is 0 Å². The van der Waals surface area contributed by atoms with E-state index in [-0.39, 0.29) is 0 Å². The van der Waals surface area contributed by atoms with Gasteiger partial charge in [-0.15, -0.1) is 0 Å². The first-order valence-electron chi connectivity index (χ1n) is 6.86. The van der Waals surface area contributed by atoms with E-state index in [1.165, 1.54) is 12.0 Å². The zero-order valence-electron chi connectivity index (χ0n) is 11.2. The molecule has 1 saturated heterocycles. The van der Waals surface area contributed by atoms with Crippen LogP contribution in [0.3, 0.4) is 0 Å². The fourth-order valence-electron chi connectivity index (χ4n) is 2.61. The lowest BCUT2D eigenvalue weighted by Gasteiger charge is -2.21. The van der Waals surface area contributed by atoms with E-state index in [1.54, 1.807) is 6.33 Å². The van der Waals surface area contributed by atoms with E-state index in [2.05, 4.69) is 41.3 Å². The average Bonchev–Trinajstić information content (AvgIpc) is 2.88. The lowest BCUT2D eigenvalue weighted by molar-refractivity contribution is 0.0541. The topological polar surface area (TPSA) is 39.9 Å². The lowest BCUT2D eigenvalue weighted by atomic mass is 9.98. The predicted octanol–water partition coefficient (Wildman–Crippen LogP) is 2.54. The quantitative estimate of drug-likeness (QED) is 0.848. The van der Waals surface area contributed by atoms with Crippen LogP contribution in [-0.2, 0) is 11.2 Å². The molecule has 1 aromatic carbocycles. The van der Waals surface area contributed by atoms with Crippen molar-refractivity contribution in [1.82, 2.24) is 14.8 Å². The summed E-state index contributed by atoms with van der Waals surface area (Å²) in [4.78, 5) is 4.41. The molecule has 4 nitrogen and oxygen atoms in total. The van der Waals surface area contributed by atoms with Crippen molar-refractivity contribution < 1.29 is 4.74 Å². The van der Waals surface area contributed by atoms with Crippen LogP contribution in [0.2, 0.25) is 0 Å². The van der Waals surface area contributed by atoms with Crippen molar-refractivity contribution in [1.29, 1.82) is 0 Å². The van der Waals surface area contributed by atoms with Crippen molar-refractivity contribution in [3.05, 3.63) is 42.0 Å². The van der Waals surface area contributed by atoms with E-state index >= 15 is 0 Å². The van der Waals surface area contributed by atoms with Crippen LogP contribution in [0, 0.1) is 12.8 Å². The van der Waals surface area contributed by atoms with E-state index in [0.29, 0.717) is 5.92 Å². The van der Waals surface area contributed by atoms with Crippen molar-refractivity contribution >= 4 is 0 Å². The van der Waals surface area contributed by atoms with Crippen LogP contribution < -0.4 is 0 Å². The Morgan fingerprint density at radius 2 is 2.37 bits per heavy atom. The Kier molecular flexibility index (Phi) is 3.60. The first kappa shape index (κ1) is 12.4. The minimum atomic E-state index is 0.571. The van der Waals surface area contributed by atoms with Crippen molar-refractivity contribution in [2.24, 2.45) is 5.92 Å². The largest absolute Gasteiger partial charge is 0.381 e. The molecule has 1 aromatic heterocycles. The molecular formula is C15H19N3O. The monoisotopic (exact) mass is 257 g/mol. The molecular weight excluding hydrogens is 238 g/mol. The summed E-state index contributed by atoms with van der Waals surface area (Å²) in [6.45, 7) is 3.84. The second-order valence-electron chi connectivity index (χ2n) is 5.21. The first-order valence-corrected chi connectivity index (χ1v) is 6.86. The summed E-state index contributed by atoms with van der Waals surface area (Å²) in [5.41, 5.74) is 2.32. The summed E-state index contributed by atoms with van der Waals surface area (Å²) < 4.78 is 7.48. The molecule has 0 amide bonds. The van der Waals surface area contributed by atoms with Gasteiger partial charge < -0.3 is 4.74 Å². The summed E-state index contributed by atoms with van der Waals surface area (Å²) in [5, 5.41) is 4.36. The number of rotatable bonds is 3. The lowest BCUT2D eigenvalue weighted by Crippen LogP contribution is -2.21. The van der Waals surface area contributed by atoms with E-state index in [1.807, 2.05) is 4.68 Å². The summed E-state index contributed by atoms with van der Waals surface area (Å²) in [5.74, 6) is 1.60. The number of benzene rings is 1. The minimum Gasteiger partial charge on any atom is -0.381 e. The third kappa shape index (κ3) is 2.84. The van der Waals surface area contributed by atoms with Gasteiger partial charge in [-0.1, -0.05) is 12.1 Å². The summed E-state index contributed by atoms with van der Waals surface area (Å²) >= 11 is 0. The van der Waals surface area contributed by atoms with Gasteiger partial charge in [-0.2, -0.15) is 5.10 Å². The molecule has 0 unspecified atom stereocenters. The molecule has 3 rings (SSSR count). The highest BCUT2D eigenvalue weighted by molar-refractivity contribution is 5.35. The van der Waals surface area contributed by atoms with Crippen LogP contribution in [0.4, 0.5) is 0 Å². The van der Waals surface area contributed by atoms with Crippen LogP contribution >= 0.6 is 0 Å². The number of hydrogen-bond donors (Lipinski definition) is 0. The minimum absolute atomic E-state index is 0.571. The Balaban J connectivity index is 1.81. The molecule has 100 valence electrons. The zero-order chi connectivity index (χ0) is 13.1. The Morgan fingerprint density at radius 3 is 3.16 bits per heavy atom. The van der Waals surface area contributed by atoms with Crippen molar-refractivity contribution in [2.75, 3.05) is 13.2 Å². The third-order valence-electron chi connectivity index (χ3n) is 3.59. The molecule has 0 spiro atoms. The second-order valence-corrected chi connectivity index (χ2v) is 5.21. The van der Waals surface area contributed by atoms with Gasteiger partial charge in [-0.3, -0.25) is 0 Å². The van der Waals surface area contributed by atoms with E-state index < -0.39 is 0 Å². The second kappa shape index (κ2) is 5.53. The SMILES string of the molecule is Cc1cccc(-n2ncnc2C[C@@H]2CCCOC2)c1. The maximum Gasteiger partial charge on any atom is 0.138 e. The highest BCUT2D eigenvalue weighted by atomic mass is 16.5. The van der Waals surface area contributed by atoms with Crippen molar-refractivity contribution in [3.8, 4) is 5.69 Å². The molecule has 2 heterocycles. The van der Waals surface area contributed by atoms with Crippen LogP contribution in [0.25, 0.3) is 5.69 Å². The fourth-order valence-corrected chi connectivity index (χ4v) is 2.61. The highest BCUT2D eigenvalue weighted by Gasteiger charge is 2.18. The summed E-state index contributed by atoms with van der Waals surface area (Å²) in [6, 6.07) is 8.35. The zero-order valence-corrected chi connectivity index (χ0v) is 11.2. The number of hydrogen-bond acceptors (Lipinski definition) is 3. The van der Waals surface area contributed by atoms with Gasteiger partial charge in [0.1, 0.15) is 12.2 Å². The summed E-state index contributed by atoms with van der Waals surface area (Å²) in [6.07, 6.45) is 4.96. The summed E-state index contributed by atoms with van der Waals surface area (Å²) in [7, 11) is 0. The standard InChI is InChI=1S/C15H19N3O/c1-12-4-2-6-14(8-12)18-15(16-11-17-18)9-13-5-3-7-19-10-13/h2,4,6,8,11,13H,3,5,7,9-10H2,1H3/t13-/m0/s1. The van der Waals surface area contributed by atoms with Gasteiger partial charge in [0.2, 0.25) is 0 Å². The molecule has 1 aliphatic rings. The number of aromatic nitrogens is 3. The van der Waals surface area contributed by atoms with Gasteiger partial charge in [0.15, 0.2) is 0 Å². The normalized spacial score (nSPS) is 19.5. The Bertz CT molecular complexity index is 544. The van der Waals surface area contributed by atoms with E-state index in [9.17, 15) is 0 Å². The molecule has 0 aliphatic carbocycles. The van der Waals surface area contributed by atoms with Gasteiger partial charge in [-0.25, -0.2) is 9.67 Å². The molecule has 0 bridgehead atoms. The first-order chi connectivity index (χ1) is 9.33. The van der Waals surface area contributed by atoms with Gasteiger partial charge >= 0.3 is 0 Å². The molecule has 1 fully saturated rings. The van der Waals surface area contributed by atoms with Gasteiger partial charge in [0.05, 0.1) is 5.69 Å². The van der Waals surface area contributed by atoms with Gasteiger partial charge in [0.25, 0.3) is 0 Å². The van der Waals surface area contributed by atoms with Crippen LogP contribution in [-0.4, -0.2) is 28.0 Å². The molecule has 4 heteroatoms. The van der Waals surface area contributed by atoms with E-state index in [4.69, 9.17) is 4.74 Å². The molecule has 0 radical (unpaired) electrons. The maximum absolute atomic E-state index is 5.54. The van der Waals surface area contributed by atoms with Gasteiger partial charge in [0, 0.05) is 19.6 Å². The Hall–Kier alpha value is -1.68. The van der Waals surface area contributed by atoms with Crippen molar-refractivity contribution in [2.45, 2.75) is 26.2 Å². The molecule has 19 heavy (non-hydrogen) atoms. The molecule has 2 aromatic rings. The Morgan fingerprint density at radius 1 is 1.42 bits per heavy atom. The maximum atomic E-state index is 5.54. The highest BCUT2D eigenvalue weighted by Crippen LogP contribution is 2.19. The molecule has 1 aliphatic heterocycles. The van der Waals surface area contributed by atoms with Crippen LogP contribution in [0.1, 0.15) is 24.2 Å². The predicted molar refractivity (Wildman–Crippen MR) is 73.3 cm³/mol. The molecule has 0 N–H and O–H groups in total. The smallest absolute Gasteiger partial charge is 0.138 e. The average molecular weight is 257 g/mol. The van der Waals surface area contributed by atoms with Gasteiger partial charge in [-0.05, 0) is 43.4 Å². The Labute approximate surface area is 113 Å². The van der Waals surface area contributed by atoms with E-state index in [0.717, 1.165) is 37.6 Å². The number of nitrogens with zero attached hydrogens (tertiary/aromatic N) is 3. The molecule has 0 saturated carbocycles. The fraction of sp³-hybridized carbons (Fsp3) is 0.467. The number of ether oxygens (including phenoxy) is 1. The number of aryl methyl sites for hydroxylation is 1. The van der Waals surface area contributed by atoms with Crippen LogP contribution in [0.15, 0.2) is 30.6 Å². The van der Waals surface area contributed by atoms with Crippen LogP contribution in [0.5, 0.6) is 0 Å².